The van der Waals surface area contributed by atoms with Crippen LogP contribution in [0.15, 0.2) is 23.1 Å². The fraction of sp³-hybridized carbons (Fsp3) is 0.636. The molecule has 2 aliphatic heterocycles. The molecular formula is C22H29NO2S. The first-order valence-electron chi connectivity index (χ1n) is 10.2. The molecule has 3 aliphatic rings. The minimum absolute atomic E-state index is 0.125. The summed E-state index contributed by atoms with van der Waals surface area (Å²) in [6.45, 7) is 3.80. The maximum atomic E-state index is 13.0. The Hall–Kier alpha value is -1.29. The van der Waals surface area contributed by atoms with Crippen LogP contribution in [0.5, 0.6) is 0 Å². The number of fused-ring (bicyclic) bond motifs is 2. The predicted octanol–water partition coefficient (Wildman–Crippen LogP) is 4.90. The standard InChI is InChI=1S/C22H29NO2S/c1-15(22(25)23-11-5-2-6-12-23)16-9-10-19-20(13-16)26-14-17-7-3-4-8-18(17)21(19)24/h9-10,13,15,17-18H,2-8,11-12,14H2,1H3/t15?,17-,18+/m1/s1. The molecule has 0 radical (unpaired) electrons. The number of Topliss-reactive ketones (excluding diaryl/α,β-unsaturated/α-hetero) is 1. The molecule has 26 heavy (non-hydrogen) atoms. The van der Waals surface area contributed by atoms with Crippen LogP contribution in [0.25, 0.3) is 0 Å². The number of benzene rings is 1. The highest BCUT2D eigenvalue weighted by atomic mass is 32.2. The van der Waals surface area contributed by atoms with Crippen molar-refractivity contribution >= 4 is 23.5 Å². The van der Waals surface area contributed by atoms with Crippen LogP contribution in [0.2, 0.25) is 0 Å². The Balaban J connectivity index is 1.56. The summed E-state index contributed by atoms with van der Waals surface area (Å²) in [5, 5.41) is 0. The van der Waals surface area contributed by atoms with Crippen LogP contribution in [0.4, 0.5) is 0 Å². The van der Waals surface area contributed by atoms with Gasteiger partial charge in [-0.25, -0.2) is 0 Å². The van der Waals surface area contributed by atoms with E-state index >= 15 is 0 Å². The summed E-state index contributed by atoms with van der Waals surface area (Å²) in [6, 6.07) is 6.14. The van der Waals surface area contributed by atoms with Gasteiger partial charge in [-0.15, -0.1) is 11.8 Å². The van der Waals surface area contributed by atoms with Crippen molar-refractivity contribution in [3.8, 4) is 0 Å². The molecule has 0 N–H and O–H groups in total. The Labute approximate surface area is 160 Å². The van der Waals surface area contributed by atoms with E-state index in [-0.39, 0.29) is 17.7 Å². The zero-order valence-electron chi connectivity index (χ0n) is 15.7. The maximum Gasteiger partial charge on any atom is 0.229 e. The highest BCUT2D eigenvalue weighted by molar-refractivity contribution is 7.99. The van der Waals surface area contributed by atoms with E-state index in [4.69, 9.17) is 0 Å². The minimum Gasteiger partial charge on any atom is -0.342 e. The summed E-state index contributed by atoms with van der Waals surface area (Å²) >= 11 is 1.83. The van der Waals surface area contributed by atoms with Crippen molar-refractivity contribution < 1.29 is 9.59 Å². The molecule has 3 nitrogen and oxygen atoms in total. The smallest absolute Gasteiger partial charge is 0.229 e. The van der Waals surface area contributed by atoms with Crippen LogP contribution in [-0.4, -0.2) is 35.4 Å². The quantitative estimate of drug-likeness (QED) is 0.742. The molecule has 2 fully saturated rings. The molecule has 0 bridgehead atoms. The molecule has 3 atom stereocenters. The molecule has 1 saturated heterocycles. The molecule has 1 aromatic carbocycles. The van der Waals surface area contributed by atoms with E-state index in [1.54, 1.807) is 0 Å². The number of nitrogens with zero attached hydrogens (tertiary/aromatic N) is 1. The first kappa shape index (κ1) is 18.1. The van der Waals surface area contributed by atoms with Gasteiger partial charge in [0.1, 0.15) is 0 Å². The lowest BCUT2D eigenvalue weighted by molar-refractivity contribution is -0.133. The van der Waals surface area contributed by atoms with E-state index in [1.807, 2.05) is 35.7 Å². The third-order valence-corrected chi connectivity index (χ3v) is 7.75. The molecule has 1 aliphatic carbocycles. The molecule has 0 spiro atoms. The van der Waals surface area contributed by atoms with E-state index < -0.39 is 0 Å². The summed E-state index contributed by atoms with van der Waals surface area (Å²) < 4.78 is 0. The van der Waals surface area contributed by atoms with Crippen LogP contribution in [0.3, 0.4) is 0 Å². The fourth-order valence-corrected chi connectivity index (χ4v) is 6.15. The molecule has 1 saturated carbocycles. The van der Waals surface area contributed by atoms with Crippen LogP contribution >= 0.6 is 11.8 Å². The predicted molar refractivity (Wildman–Crippen MR) is 106 cm³/mol. The second-order valence-corrected chi connectivity index (χ2v) is 9.25. The molecule has 1 aromatic rings. The van der Waals surface area contributed by atoms with Gasteiger partial charge in [-0.1, -0.05) is 18.9 Å². The number of hydrogen-bond acceptors (Lipinski definition) is 3. The number of amides is 1. The van der Waals surface area contributed by atoms with Crippen molar-refractivity contribution in [2.75, 3.05) is 18.8 Å². The number of hydrogen-bond donors (Lipinski definition) is 0. The molecule has 4 heteroatoms. The fourth-order valence-electron chi connectivity index (χ4n) is 4.81. The third kappa shape index (κ3) is 3.45. The Bertz CT molecular complexity index is 695. The zero-order valence-corrected chi connectivity index (χ0v) is 16.5. The first-order chi connectivity index (χ1) is 12.6. The summed E-state index contributed by atoms with van der Waals surface area (Å²) in [4.78, 5) is 29.0. The number of thioether (sulfide) groups is 1. The van der Waals surface area contributed by atoms with Crippen molar-refractivity contribution in [2.24, 2.45) is 11.8 Å². The molecule has 1 amide bonds. The summed E-state index contributed by atoms with van der Waals surface area (Å²) in [6.07, 6.45) is 8.16. The zero-order chi connectivity index (χ0) is 18.1. The van der Waals surface area contributed by atoms with Gasteiger partial charge in [0.2, 0.25) is 5.91 Å². The largest absolute Gasteiger partial charge is 0.342 e. The highest BCUT2D eigenvalue weighted by Crippen LogP contribution is 2.42. The van der Waals surface area contributed by atoms with E-state index in [2.05, 4.69) is 6.07 Å². The van der Waals surface area contributed by atoms with Gasteiger partial charge in [-0.05, 0) is 62.6 Å². The maximum absolute atomic E-state index is 13.0. The molecule has 1 unspecified atom stereocenters. The Kier molecular flexibility index (Phi) is 5.40. The van der Waals surface area contributed by atoms with Crippen molar-refractivity contribution in [3.05, 3.63) is 29.3 Å². The van der Waals surface area contributed by atoms with Crippen LogP contribution in [-0.2, 0) is 4.79 Å². The number of rotatable bonds is 2. The number of piperidine rings is 1. The summed E-state index contributed by atoms with van der Waals surface area (Å²) in [5.74, 6) is 2.25. The van der Waals surface area contributed by atoms with E-state index in [0.717, 1.165) is 54.1 Å². The van der Waals surface area contributed by atoms with Gasteiger partial charge in [0.15, 0.2) is 5.78 Å². The number of likely N-dealkylation sites (tertiary alicyclic amines) is 1. The van der Waals surface area contributed by atoms with E-state index in [1.165, 1.54) is 25.7 Å². The van der Waals surface area contributed by atoms with Crippen LogP contribution in [0, 0.1) is 11.8 Å². The average molecular weight is 372 g/mol. The highest BCUT2D eigenvalue weighted by Gasteiger charge is 2.35. The lowest BCUT2D eigenvalue weighted by atomic mass is 9.76. The molecule has 140 valence electrons. The van der Waals surface area contributed by atoms with Gasteiger partial charge >= 0.3 is 0 Å². The van der Waals surface area contributed by atoms with Gasteiger partial charge in [0, 0.05) is 35.2 Å². The SMILES string of the molecule is CC(C(=O)N1CCCCC1)c1ccc2c(c1)SC[C@H]1CCCC[C@@H]1C2=O. The Morgan fingerprint density at radius 3 is 2.69 bits per heavy atom. The van der Waals surface area contributed by atoms with Crippen molar-refractivity contribution in [2.45, 2.75) is 62.7 Å². The normalized spacial score (nSPS) is 27.3. The van der Waals surface area contributed by atoms with Gasteiger partial charge in [0.05, 0.1) is 5.92 Å². The van der Waals surface area contributed by atoms with Gasteiger partial charge in [-0.3, -0.25) is 9.59 Å². The van der Waals surface area contributed by atoms with Crippen molar-refractivity contribution in [1.29, 1.82) is 0 Å². The number of carbonyl (C=O) groups is 2. The monoisotopic (exact) mass is 371 g/mol. The summed E-state index contributed by atoms with van der Waals surface area (Å²) in [7, 11) is 0. The number of carbonyl (C=O) groups excluding carboxylic acids is 2. The number of ketones is 1. The van der Waals surface area contributed by atoms with E-state index in [9.17, 15) is 9.59 Å². The first-order valence-corrected chi connectivity index (χ1v) is 11.2. The second-order valence-electron chi connectivity index (χ2n) is 8.19. The summed E-state index contributed by atoms with van der Waals surface area (Å²) in [5.41, 5.74) is 1.95. The molecule has 4 rings (SSSR count). The minimum atomic E-state index is -0.125. The van der Waals surface area contributed by atoms with Gasteiger partial charge < -0.3 is 4.90 Å². The van der Waals surface area contributed by atoms with Crippen molar-refractivity contribution in [3.63, 3.8) is 0 Å². The van der Waals surface area contributed by atoms with Crippen LogP contribution < -0.4 is 0 Å². The molecule has 0 aromatic heterocycles. The van der Waals surface area contributed by atoms with Crippen LogP contribution in [0.1, 0.15) is 73.7 Å². The average Bonchev–Trinajstić information content (AvgIpc) is 2.84. The topological polar surface area (TPSA) is 37.4 Å². The molecular weight excluding hydrogens is 342 g/mol. The van der Waals surface area contributed by atoms with Gasteiger partial charge in [0.25, 0.3) is 0 Å². The van der Waals surface area contributed by atoms with Crippen molar-refractivity contribution in [1.82, 2.24) is 4.90 Å². The third-order valence-electron chi connectivity index (χ3n) is 6.51. The van der Waals surface area contributed by atoms with Gasteiger partial charge in [-0.2, -0.15) is 0 Å². The Morgan fingerprint density at radius 2 is 1.88 bits per heavy atom. The van der Waals surface area contributed by atoms with E-state index in [0.29, 0.717) is 11.7 Å². The second kappa shape index (κ2) is 7.75. The lowest BCUT2D eigenvalue weighted by Crippen LogP contribution is -2.38. The molecule has 2 heterocycles. The Morgan fingerprint density at radius 1 is 1.12 bits per heavy atom. The lowest BCUT2D eigenvalue weighted by Gasteiger charge is -2.29.